The largest absolute Gasteiger partial charge is 0.354 e. The zero-order chi connectivity index (χ0) is 20.0. The van der Waals surface area contributed by atoms with Crippen molar-refractivity contribution >= 4 is 27.7 Å². The molecule has 0 unspecified atom stereocenters. The number of amides is 1. The minimum absolute atomic E-state index is 0.0629. The van der Waals surface area contributed by atoms with E-state index in [9.17, 15) is 9.18 Å². The Morgan fingerprint density at radius 3 is 2.45 bits per heavy atom. The minimum atomic E-state index is -0.240. The number of carbonyl (C=O) groups excluding carboxylic acids is 1. The van der Waals surface area contributed by atoms with E-state index in [4.69, 9.17) is 0 Å². The average Bonchev–Trinajstić information content (AvgIpc) is 3.12. The van der Waals surface area contributed by atoms with Crippen molar-refractivity contribution < 1.29 is 9.18 Å². The van der Waals surface area contributed by atoms with Crippen molar-refractivity contribution in [2.24, 2.45) is 0 Å². The molecule has 0 bridgehead atoms. The van der Waals surface area contributed by atoms with E-state index in [2.05, 4.69) is 16.9 Å². The fraction of sp³-hybridized carbons (Fsp3) is 0.208. The predicted octanol–water partition coefficient (Wildman–Crippen LogP) is 4.51. The van der Waals surface area contributed by atoms with Gasteiger partial charge in [-0.1, -0.05) is 36.4 Å². The molecule has 0 spiro atoms. The van der Waals surface area contributed by atoms with Crippen LogP contribution >= 0.6 is 0 Å². The predicted molar refractivity (Wildman–Crippen MR) is 115 cm³/mol. The van der Waals surface area contributed by atoms with Gasteiger partial charge in [-0.05, 0) is 36.9 Å². The van der Waals surface area contributed by atoms with Crippen LogP contribution in [0.2, 0.25) is 0 Å². The molecule has 4 aromatic rings. The lowest BCUT2D eigenvalue weighted by Crippen LogP contribution is -2.47. The highest BCUT2D eigenvalue weighted by molar-refractivity contribution is 6.15. The maximum atomic E-state index is 14.4. The van der Waals surface area contributed by atoms with Crippen molar-refractivity contribution in [3.8, 4) is 11.1 Å². The van der Waals surface area contributed by atoms with Crippen LogP contribution in [-0.2, 0) is 0 Å². The van der Waals surface area contributed by atoms with Crippen LogP contribution in [0.3, 0.4) is 0 Å². The lowest BCUT2D eigenvalue weighted by atomic mass is 9.98. The van der Waals surface area contributed by atoms with Crippen LogP contribution in [0, 0.1) is 5.82 Å². The van der Waals surface area contributed by atoms with E-state index in [1.54, 1.807) is 12.1 Å². The molecular weight excluding hydrogens is 365 g/mol. The molecule has 0 atom stereocenters. The zero-order valence-corrected chi connectivity index (χ0v) is 16.3. The van der Waals surface area contributed by atoms with Gasteiger partial charge in [0.2, 0.25) is 0 Å². The standard InChI is InChI=1S/C24H22FN3O/c1-27-11-13-28(14-12-27)24(29)16-9-10-19-22(15-16)26-21-8-4-6-18(23(19)21)17-5-2-3-7-20(17)25/h2-10,15,26H,11-14H2,1H3. The topological polar surface area (TPSA) is 39.3 Å². The van der Waals surface area contributed by atoms with Crippen LogP contribution in [0.25, 0.3) is 32.9 Å². The highest BCUT2D eigenvalue weighted by Gasteiger charge is 2.21. The number of hydrogen-bond acceptors (Lipinski definition) is 2. The van der Waals surface area contributed by atoms with Crippen molar-refractivity contribution in [2.45, 2.75) is 0 Å². The molecule has 0 radical (unpaired) electrons. The normalized spacial score (nSPS) is 15.3. The van der Waals surface area contributed by atoms with Gasteiger partial charge in [-0.15, -0.1) is 0 Å². The van der Waals surface area contributed by atoms with Gasteiger partial charge in [-0.25, -0.2) is 4.39 Å². The first-order valence-electron chi connectivity index (χ1n) is 9.89. The van der Waals surface area contributed by atoms with Gasteiger partial charge in [-0.2, -0.15) is 0 Å². The van der Waals surface area contributed by atoms with Crippen molar-refractivity contribution in [1.82, 2.24) is 14.8 Å². The van der Waals surface area contributed by atoms with Gasteiger partial charge in [0.15, 0.2) is 0 Å². The summed E-state index contributed by atoms with van der Waals surface area (Å²) in [5.74, 6) is -0.177. The summed E-state index contributed by atoms with van der Waals surface area (Å²) in [7, 11) is 2.07. The van der Waals surface area contributed by atoms with E-state index in [1.807, 2.05) is 47.4 Å². The number of halogens is 1. The monoisotopic (exact) mass is 387 g/mol. The molecule has 0 saturated carbocycles. The second kappa shape index (κ2) is 7.01. The van der Waals surface area contributed by atoms with Gasteiger partial charge in [-0.3, -0.25) is 4.79 Å². The molecule has 2 heterocycles. The van der Waals surface area contributed by atoms with Crippen LogP contribution in [-0.4, -0.2) is 53.9 Å². The first-order chi connectivity index (χ1) is 14.1. The summed E-state index contributed by atoms with van der Waals surface area (Å²) in [6.45, 7) is 3.29. The summed E-state index contributed by atoms with van der Waals surface area (Å²) in [5.41, 5.74) is 3.94. The summed E-state index contributed by atoms with van der Waals surface area (Å²) in [6.07, 6.45) is 0. The maximum absolute atomic E-state index is 14.4. The molecule has 1 amide bonds. The van der Waals surface area contributed by atoms with E-state index in [0.29, 0.717) is 11.1 Å². The molecule has 4 nitrogen and oxygen atoms in total. The molecule has 1 fully saturated rings. The molecule has 3 aromatic carbocycles. The molecule has 1 aliphatic heterocycles. The molecule has 1 aliphatic rings. The molecule has 29 heavy (non-hydrogen) atoms. The molecular formula is C24H22FN3O. The fourth-order valence-electron chi connectivity index (χ4n) is 4.19. The fourth-order valence-corrected chi connectivity index (χ4v) is 4.19. The number of rotatable bonds is 2. The Morgan fingerprint density at radius 1 is 0.897 bits per heavy atom. The first kappa shape index (κ1) is 17.9. The third-order valence-corrected chi connectivity index (χ3v) is 5.82. The molecule has 1 N–H and O–H groups in total. The van der Waals surface area contributed by atoms with Gasteiger partial charge >= 0.3 is 0 Å². The van der Waals surface area contributed by atoms with Gasteiger partial charge in [0, 0.05) is 59.1 Å². The Bertz CT molecular complexity index is 1220. The lowest BCUT2D eigenvalue weighted by Gasteiger charge is -2.32. The van der Waals surface area contributed by atoms with E-state index >= 15 is 0 Å². The zero-order valence-electron chi connectivity index (χ0n) is 16.3. The SMILES string of the molecule is CN1CCN(C(=O)c2ccc3c(c2)[nH]c2cccc(-c4ccccc4F)c23)CC1. The van der Waals surface area contributed by atoms with Crippen LogP contribution in [0.1, 0.15) is 10.4 Å². The minimum Gasteiger partial charge on any atom is -0.354 e. The number of fused-ring (bicyclic) bond motifs is 3. The third kappa shape index (κ3) is 3.08. The van der Waals surface area contributed by atoms with Crippen LogP contribution in [0.4, 0.5) is 4.39 Å². The van der Waals surface area contributed by atoms with E-state index < -0.39 is 0 Å². The van der Waals surface area contributed by atoms with Crippen molar-refractivity contribution in [3.05, 3.63) is 72.0 Å². The lowest BCUT2D eigenvalue weighted by molar-refractivity contribution is 0.0664. The number of nitrogens with one attached hydrogen (secondary N) is 1. The maximum Gasteiger partial charge on any atom is 0.254 e. The summed E-state index contributed by atoms with van der Waals surface area (Å²) >= 11 is 0. The summed E-state index contributed by atoms with van der Waals surface area (Å²) in [4.78, 5) is 20.5. The number of nitrogens with zero attached hydrogens (tertiary/aromatic N) is 2. The molecule has 1 aromatic heterocycles. The molecule has 5 heteroatoms. The smallest absolute Gasteiger partial charge is 0.254 e. The molecule has 146 valence electrons. The van der Waals surface area contributed by atoms with Crippen molar-refractivity contribution in [1.29, 1.82) is 0 Å². The number of likely N-dealkylation sites (N-methyl/N-ethyl adjacent to an activating group) is 1. The number of H-pyrrole nitrogens is 1. The molecule has 1 saturated heterocycles. The Labute approximate surface area is 168 Å². The number of aromatic nitrogens is 1. The average molecular weight is 387 g/mol. The Balaban J connectivity index is 1.60. The van der Waals surface area contributed by atoms with Gasteiger partial charge in [0.1, 0.15) is 5.82 Å². The number of piperazine rings is 1. The Morgan fingerprint density at radius 2 is 1.66 bits per heavy atom. The number of aromatic amines is 1. The summed E-state index contributed by atoms with van der Waals surface area (Å²) in [5, 5.41) is 1.97. The number of benzene rings is 3. The number of hydrogen-bond donors (Lipinski definition) is 1. The first-order valence-corrected chi connectivity index (χ1v) is 9.89. The highest BCUT2D eigenvalue weighted by Crippen LogP contribution is 2.36. The van der Waals surface area contributed by atoms with Crippen LogP contribution in [0.5, 0.6) is 0 Å². The Kier molecular flexibility index (Phi) is 4.32. The molecule has 5 rings (SSSR count). The Hall–Kier alpha value is -3.18. The number of carbonyl (C=O) groups is 1. The van der Waals surface area contributed by atoms with E-state index in [1.165, 1.54) is 6.07 Å². The van der Waals surface area contributed by atoms with Gasteiger partial charge in [0.05, 0.1) is 0 Å². The van der Waals surface area contributed by atoms with Crippen LogP contribution in [0.15, 0.2) is 60.7 Å². The third-order valence-electron chi connectivity index (χ3n) is 5.82. The summed E-state index contributed by atoms with van der Waals surface area (Å²) < 4.78 is 14.4. The van der Waals surface area contributed by atoms with Crippen molar-refractivity contribution in [2.75, 3.05) is 33.2 Å². The quantitative estimate of drug-likeness (QED) is 0.550. The van der Waals surface area contributed by atoms with Gasteiger partial charge in [0.25, 0.3) is 5.91 Å². The highest BCUT2D eigenvalue weighted by atomic mass is 19.1. The summed E-state index contributed by atoms with van der Waals surface area (Å²) in [6, 6.07) is 18.5. The molecule has 0 aliphatic carbocycles. The second-order valence-electron chi connectivity index (χ2n) is 7.69. The van der Waals surface area contributed by atoms with E-state index in [0.717, 1.165) is 53.5 Å². The van der Waals surface area contributed by atoms with Crippen LogP contribution < -0.4 is 0 Å². The van der Waals surface area contributed by atoms with Gasteiger partial charge < -0.3 is 14.8 Å². The van der Waals surface area contributed by atoms with E-state index in [-0.39, 0.29) is 11.7 Å². The second-order valence-corrected chi connectivity index (χ2v) is 7.69. The van der Waals surface area contributed by atoms with Crippen molar-refractivity contribution in [3.63, 3.8) is 0 Å².